The fraction of sp³-hybridized carbons (Fsp3) is 0.273. The lowest BCUT2D eigenvalue weighted by Crippen LogP contribution is -2.47. The normalized spacial score (nSPS) is 17.8. The summed E-state index contributed by atoms with van der Waals surface area (Å²) in [5.74, 6) is -0.818. The molecule has 1 saturated heterocycles. The highest BCUT2D eigenvalue weighted by Crippen LogP contribution is 2.04. The molecule has 0 saturated carbocycles. The van der Waals surface area contributed by atoms with Crippen molar-refractivity contribution in [3.05, 3.63) is 27.8 Å². The van der Waals surface area contributed by atoms with Crippen molar-refractivity contribution < 1.29 is 18.9 Å². The van der Waals surface area contributed by atoms with Crippen LogP contribution in [0.3, 0.4) is 0 Å². The third kappa shape index (κ3) is 3.45. The zero-order valence-electron chi connectivity index (χ0n) is 9.76. The second kappa shape index (κ2) is 5.70. The minimum Gasteiger partial charge on any atom is -0.494 e. The molecule has 0 bridgehead atoms. The highest BCUT2D eigenvalue weighted by molar-refractivity contribution is 14.1. The Morgan fingerprint density at radius 1 is 1.11 bits per heavy atom. The molecule has 1 aromatic carbocycles. The van der Waals surface area contributed by atoms with Gasteiger partial charge in [0.15, 0.2) is 0 Å². The van der Waals surface area contributed by atoms with Gasteiger partial charge in [-0.2, -0.15) is 0 Å². The number of hydrogen-bond donors (Lipinski definition) is 0. The topological polar surface area (TPSA) is 55.8 Å². The molecule has 18 heavy (non-hydrogen) atoms. The van der Waals surface area contributed by atoms with Gasteiger partial charge in [-0.1, -0.05) is 12.1 Å². The summed E-state index contributed by atoms with van der Waals surface area (Å²) in [5, 5.41) is 0. The first-order valence-corrected chi connectivity index (χ1v) is 6.45. The Morgan fingerprint density at radius 2 is 1.61 bits per heavy atom. The predicted octanol–water partition coefficient (Wildman–Crippen LogP) is 0.0182. The molecule has 0 unspecified atom stereocenters. The molecule has 1 fully saturated rings. The van der Waals surface area contributed by atoms with Crippen LogP contribution in [0.2, 0.25) is 0 Å². The summed E-state index contributed by atoms with van der Waals surface area (Å²) >= 11 is 2.17. The monoisotopic (exact) mass is 359 g/mol. The van der Waals surface area contributed by atoms with Crippen molar-refractivity contribution >= 4 is 47.1 Å². The van der Waals surface area contributed by atoms with Gasteiger partial charge in [-0.05, 0) is 41.8 Å². The van der Waals surface area contributed by atoms with Crippen molar-refractivity contribution in [2.24, 2.45) is 0 Å². The molecular formula is C11H11BINO4. The van der Waals surface area contributed by atoms with Gasteiger partial charge in [-0.3, -0.25) is 14.5 Å². The third-order valence-corrected chi connectivity index (χ3v) is 3.14. The Bertz CT molecular complexity index is 445. The first-order chi connectivity index (χ1) is 8.54. The molecule has 1 heterocycles. The highest BCUT2D eigenvalue weighted by Gasteiger charge is 2.33. The van der Waals surface area contributed by atoms with Crippen LogP contribution in [-0.4, -0.2) is 44.1 Å². The lowest BCUT2D eigenvalue weighted by atomic mass is 9.78. The van der Waals surface area contributed by atoms with E-state index in [1.54, 1.807) is 24.1 Å². The van der Waals surface area contributed by atoms with E-state index < -0.39 is 19.1 Å². The average Bonchev–Trinajstić information content (AvgIpc) is 2.26. The summed E-state index contributed by atoms with van der Waals surface area (Å²) in [6.45, 7) is 0.159. The second-order valence-corrected chi connectivity index (χ2v) is 5.28. The summed E-state index contributed by atoms with van der Waals surface area (Å²) < 4.78 is 11.3. The maximum atomic E-state index is 11.5. The molecule has 0 radical (unpaired) electrons. The minimum atomic E-state index is -0.948. The van der Waals surface area contributed by atoms with E-state index in [2.05, 4.69) is 22.6 Å². The number of nitrogens with zero attached hydrogens (tertiary/aromatic N) is 1. The number of likely N-dealkylation sites (N-methyl/N-ethyl adjacent to an activating group) is 1. The molecule has 94 valence electrons. The molecular weight excluding hydrogens is 348 g/mol. The van der Waals surface area contributed by atoms with Crippen molar-refractivity contribution in [1.29, 1.82) is 0 Å². The zero-order chi connectivity index (χ0) is 13.1. The van der Waals surface area contributed by atoms with Crippen LogP contribution >= 0.6 is 22.6 Å². The van der Waals surface area contributed by atoms with Gasteiger partial charge < -0.3 is 9.31 Å². The molecule has 5 nitrogen and oxygen atoms in total. The van der Waals surface area contributed by atoms with Crippen LogP contribution in [0.4, 0.5) is 0 Å². The maximum absolute atomic E-state index is 11.5. The molecule has 0 spiro atoms. The molecule has 0 aliphatic carbocycles. The molecule has 7 heteroatoms. The van der Waals surface area contributed by atoms with Crippen LogP contribution < -0.4 is 5.46 Å². The van der Waals surface area contributed by atoms with Crippen LogP contribution in [0.15, 0.2) is 24.3 Å². The van der Waals surface area contributed by atoms with E-state index in [4.69, 9.17) is 9.31 Å². The van der Waals surface area contributed by atoms with Crippen molar-refractivity contribution in [3.8, 4) is 0 Å². The van der Waals surface area contributed by atoms with Crippen molar-refractivity contribution in [3.63, 3.8) is 0 Å². The molecule has 2 rings (SSSR count). The van der Waals surface area contributed by atoms with Crippen LogP contribution in [0.5, 0.6) is 0 Å². The molecule has 0 atom stereocenters. The minimum absolute atomic E-state index is 0.0793. The van der Waals surface area contributed by atoms with E-state index in [0.29, 0.717) is 5.46 Å². The average molecular weight is 359 g/mol. The number of hydrogen-bond acceptors (Lipinski definition) is 5. The van der Waals surface area contributed by atoms with Crippen LogP contribution in [0.25, 0.3) is 0 Å². The predicted molar refractivity (Wildman–Crippen MR) is 74.2 cm³/mol. The largest absolute Gasteiger partial charge is 0.636 e. The fourth-order valence-electron chi connectivity index (χ4n) is 1.59. The molecule has 0 N–H and O–H groups in total. The summed E-state index contributed by atoms with van der Waals surface area (Å²) in [6, 6.07) is 7.28. The smallest absolute Gasteiger partial charge is 0.494 e. The van der Waals surface area contributed by atoms with E-state index in [1.807, 2.05) is 12.1 Å². The fourth-order valence-corrected chi connectivity index (χ4v) is 1.95. The molecule has 0 amide bonds. The number of carbonyl (C=O) groups excluding carboxylic acids is 2. The Labute approximate surface area is 119 Å². The first-order valence-electron chi connectivity index (χ1n) is 5.37. The van der Waals surface area contributed by atoms with Gasteiger partial charge in [-0.15, -0.1) is 0 Å². The summed E-state index contributed by atoms with van der Waals surface area (Å²) in [4.78, 5) is 24.6. The lowest BCUT2D eigenvalue weighted by Gasteiger charge is -2.22. The Hall–Kier alpha value is -1.09. The highest BCUT2D eigenvalue weighted by atomic mass is 127. The van der Waals surface area contributed by atoms with E-state index in [1.165, 1.54) is 0 Å². The van der Waals surface area contributed by atoms with Gasteiger partial charge in [0.2, 0.25) is 0 Å². The van der Waals surface area contributed by atoms with Crippen LogP contribution in [0, 0.1) is 3.57 Å². The van der Waals surface area contributed by atoms with Crippen LogP contribution in [0.1, 0.15) is 0 Å². The standard InChI is InChI=1S/C11H11BINO4/c1-14-6-10(15)17-12(18-11(16)7-14)8-2-4-9(13)5-3-8/h2-5H,6-7H2,1H3. The lowest BCUT2D eigenvalue weighted by molar-refractivity contribution is -0.145. The van der Waals surface area contributed by atoms with Gasteiger partial charge in [0.25, 0.3) is 0 Å². The van der Waals surface area contributed by atoms with Gasteiger partial charge in [0, 0.05) is 9.03 Å². The quantitative estimate of drug-likeness (QED) is 0.523. The van der Waals surface area contributed by atoms with E-state index >= 15 is 0 Å². The van der Waals surface area contributed by atoms with Crippen molar-refractivity contribution in [2.45, 2.75) is 0 Å². The van der Waals surface area contributed by atoms with Gasteiger partial charge >= 0.3 is 19.1 Å². The van der Waals surface area contributed by atoms with Crippen molar-refractivity contribution in [1.82, 2.24) is 4.90 Å². The van der Waals surface area contributed by atoms with Gasteiger partial charge in [0.1, 0.15) is 0 Å². The molecule has 1 aliphatic rings. The number of carbonyl (C=O) groups is 2. The van der Waals surface area contributed by atoms with E-state index in [0.717, 1.165) is 3.57 Å². The zero-order valence-corrected chi connectivity index (χ0v) is 11.9. The maximum Gasteiger partial charge on any atom is 0.636 e. The van der Waals surface area contributed by atoms with E-state index in [-0.39, 0.29) is 13.1 Å². The Balaban J connectivity index is 2.18. The van der Waals surface area contributed by atoms with Gasteiger partial charge in [0.05, 0.1) is 13.1 Å². The third-order valence-electron chi connectivity index (χ3n) is 2.42. The first kappa shape index (κ1) is 13.3. The van der Waals surface area contributed by atoms with Gasteiger partial charge in [-0.25, -0.2) is 0 Å². The summed E-state index contributed by atoms with van der Waals surface area (Å²) in [7, 11) is 0.712. The van der Waals surface area contributed by atoms with Crippen LogP contribution in [-0.2, 0) is 18.9 Å². The molecule has 1 aromatic rings. The molecule has 0 aromatic heterocycles. The SMILES string of the molecule is CN1CC(=O)OB(c2ccc(I)cc2)OC(=O)C1. The molecule has 1 aliphatic heterocycles. The Morgan fingerprint density at radius 3 is 2.11 bits per heavy atom. The summed E-state index contributed by atoms with van der Waals surface area (Å²) in [5.41, 5.74) is 0.654. The van der Waals surface area contributed by atoms with E-state index in [9.17, 15) is 9.59 Å². The number of benzene rings is 1. The van der Waals surface area contributed by atoms with Crippen molar-refractivity contribution in [2.75, 3.05) is 20.1 Å². The second-order valence-electron chi connectivity index (χ2n) is 4.04. The summed E-state index contributed by atoms with van der Waals surface area (Å²) in [6.07, 6.45) is 0. The Kier molecular flexibility index (Phi) is 4.23. The number of rotatable bonds is 1. The number of halogens is 1.